The fourth-order valence-electron chi connectivity index (χ4n) is 1.24. The predicted molar refractivity (Wildman–Crippen MR) is 57.4 cm³/mol. The molecule has 2 nitrogen and oxygen atoms in total. The van der Waals surface area contributed by atoms with Gasteiger partial charge in [-0.2, -0.15) is 0 Å². The summed E-state index contributed by atoms with van der Waals surface area (Å²) in [6.45, 7) is 3.23. The first-order valence-corrected chi connectivity index (χ1v) is 5.03. The quantitative estimate of drug-likeness (QED) is 0.692. The summed E-state index contributed by atoms with van der Waals surface area (Å²) in [6, 6.07) is 4.04. The first kappa shape index (κ1) is 10.3. The molecule has 0 amide bonds. The molecule has 0 aliphatic rings. The lowest BCUT2D eigenvalue weighted by atomic mass is 10.3. The average molecular weight is 199 g/mol. The van der Waals surface area contributed by atoms with Crippen molar-refractivity contribution in [2.45, 2.75) is 19.2 Å². The Balaban J connectivity index is 2.75. The molecule has 0 spiro atoms. The smallest absolute Gasteiger partial charge is 0.0648 e. The van der Waals surface area contributed by atoms with Crippen LogP contribution in [0.5, 0.6) is 0 Å². The number of rotatable bonds is 4. The van der Waals surface area contributed by atoms with E-state index in [1.807, 2.05) is 12.1 Å². The molecule has 0 atom stereocenters. The number of pyridine rings is 1. The zero-order chi connectivity index (χ0) is 9.68. The Bertz CT molecular complexity index is 263. The lowest BCUT2D eigenvalue weighted by Crippen LogP contribution is -2.17. The maximum atomic E-state index is 5.70. The van der Waals surface area contributed by atoms with E-state index >= 15 is 0 Å². The molecule has 0 radical (unpaired) electrons. The fourth-order valence-corrected chi connectivity index (χ4v) is 1.39. The van der Waals surface area contributed by atoms with Gasteiger partial charge in [-0.3, -0.25) is 4.98 Å². The number of nitrogens with zero attached hydrogens (tertiary/aromatic N) is 2. The number of anilines is 1. The summed E-state index contributed by atoms with van der Waals surface area (Å²) < 4.78 is 0. The molecule has 3 heteroatoms. The van der Waals surface area contributed by atoms with E-state index in [4.69, 9.17) is 11.6 Å². The van der Waals surface area contributed by atoms with E-state index in [9.17, 15) is 0 Å². The normalized spacial score (nSPS) is 10.1. The Kier molecular flexibility index (Phi) is 4.03. The third-order valence-corrected chi connectivity index (χ3v) is 2.21. The van der Waals surface area contributed by atoms with Crippen molar-refractivity contribution in [2.75, 3.05) is 18.5 Å². The maximum Gasteiger partial charge on any atom is 0.0648 e. The SMILES string of the molecule is CCCN(C)c1ccnc(CCl)c1. The van der Waals surface area contributed by atoms with Gasteiger partial charge in [0.2, 0.25) is 0 Å². The van der Waals surface area contributed by atoms with E-state index in [1.54, 1.807) is 6.20 Å². The van der Waals surface area contributed by atoms with Crippen LogP contribution < -0.4 is 4.90 Å². The predicted octanol–water partition coefficient (Wildman–Crippen LogP) is 2.67. The Morgan fingerprint density at radius 2 is 2.31 bits per heavy atom. The Labute approximate surface area is 84.5 Å². The van der Waals surface area contributed by atoms with Crippen LogP contribution in [0.15, 0.2) is 18.3 Å². The highest BCUT2D eigenvalue weighted by molar-refractivity contribution is 6.16. The zero-order valence-electron chi connectivity index (χ0n) is 8.13. The minimum atomic E-state index is 0.480. The number of hydrogen-bond acceptors (Lipinski definition) is 2. The van der Waals surface area contributed by atoms with E-state index in [0.29, 0.717) is 5.88 Å². The zero-order valence-corrected chi connectivity index (χ0v) is 8.88. The van der Waals surface area contributed by atoms with Crippen molar-refractivity contribution in [3.8, 4) is 0 Å². The van der Waals surface area contributed by atoms with Crippen molar-refractivity contribution in [2.24, 2.45) is 0 Å². The van der Waals surface area contributed by atoms with Gasteiger partial charge in [0.25, 0.3) is 0 Å². The second-order valence-electron chi connectivity index (χ2n) is 3.06. The van der Waals surface area contributed by atoms with Crippen LogP contribution in [0, 0.1) is 0 Å². The first-order chi connectivity index (χ1) is 6.27. The molecule has 0 unspecified atom stereocenters. The average Bonchev–Trinajstić information content (AvgIpc) is 2.18. The van der Waals surface area contributed by atoms with E-state index in [2.05, 4.69) is 23.9 Å². The Hall–Kier alpha value is -0.760. The third kappa shape index (κ3) is 2.88. The van der Waals surface area contributed by atoms with E-state index in [1.165, 1.54) is 5.69 Å². The van der Waals surface area contributed by atoms with Crippen molar-refractivity contribution in [3.63, 3.8) is 0 Å². The molecular formula is C10H15ClN2. The summed E-state index contributed by atoms with van der Waals surface area (Å²) in [4.78, 5) is 6.35. The third-order valence-electron chi connectivity index (χ3n) is 1.94. The van der Waals surface area contributed by atoms with E-state index in [-0.39, 0.29) is 0 Å². The molecule has 0 saturated carbocycles. The molecule has 0 saturated heterocycles. The van der Waals surface area contributed by atoms with Crippen LogP contribution in [0.25, 0.3) is 0 Å². The highest BCUT2D eigenvalue weighted by atomic mass is 35.5. The van der Waals surface area contributed by atoms with Crippen LogP contribution >= 0.6 is 11.6 Å². The summed E-state index contributed by atoms with van der Waals surface area (Å²) >= 11 is 5.70. The summed E-state index contributed by atoms with van der Waals surface area (Å²) in [5.41, 5.74) is 2.12. The lowest BCUT2D eigenvalue weighted by Gasteiger charge is -2.18. The van der Waals surface area contributed by atoms with Crippen molar-refractivity contribution < 1.29 is 0 Å². The van der Waals surface area contributed by atoms with Gasteiger partial charge in [-0.1, -0.05) is 6.92 Å². The fraction of sp³-hybridized carbons (Fsp3) is 0.500. The van der Waals surface area contributed by atoms with Crippen LogP contribution in [0.1, 0.15) is 19.0 Å². The molecular weight excluding hydrogens is 184 g/mol. The largest absolute Gasteiger partial charge is 0.375 e. The van der Waals surface area contributed by atoms with Gasteiger partial charge in [0, 0.05) is 25.5 Å². The lowest BCUT2D eigenvalue weighted by molar-refractivity contribution is 0.850. The molecule has 0 bridgehead atoms. The summed E-state index contributed by atoms with van der Waals surface area (Å²) in [5, 5.41) is 0. The number of halogens is 1. The molecule has 0 aliphatic heterocycles. The van der Waals surface area contributed by atoms with Crippen LogP contribution in [-0.2, 0) is 5.88 Å². The Morgan fingerprint density at radius 3 is 2.92 bits per heavy atom. The van der Waals surface area contributed by atoms with E-state index < -0.39 is 0 Å². The molecule has 1 aromatic rings. The molecule has 1 rings (SSSR count). The van der Waals surface area contributed by atoms with Crippen LogP contribution in [-0.4, -0.2) is 18.6 Å². The second kappa shape index (κ2) is 5.07. The van der Waals surface area contributed by atoms with Gasteiger partial charge in [-0.15, -0.1) is 11.6 Å². The van der Waals surface area contributed by atoms with Gasteiger partial charge >= 0.3 is 0 Å². The summed E-state index contributed by atoms with van der Waals surface area (Å²) in [5.74, 6) is 0.480. The minimum Gasteiger partial charge on any atom is -0.375 e. The van der Waals surface area contributed by atoms with Crippen LogP contribution in [0.3, 0.4) is 0 Å². The molecule has 72 valence electrons. The van der Waals surface area contributed by atoms with Crippen molar-refractivity contribution >= 4 is 17.3 Å². The van der Waals surface area contributed by atoms with Crippen molar-refractivity contribution in [3.05, 3.63) is 24.0 Å². The first-order valence-electron chi connectivity index (χ1n) is 4.50. The molecule has 1 aromatic heterocycles. The van der Waals surface area contributed by atoms with Gasteiger partial charge in [0.05, 0.1) is 11.6 Å². The molecule has 0 aromatic carbocycles. The number of aromatic nitrogens is 1. The topological polar surface area (TPSA) is 16.1 Å². The van der Waals surface area contributed by atoms with Crippen molar-refractivity contribution in [1.82, 2.24) is 4.98 Å². The standard InChI is InChI=1S/C10H15ClN2/c1-3-6-13(2)10-4-5-12-9(7-10)8-11/h4-5,7H,3,6,8H2,1-2H3. The minimum absolute atomic E-state index is 0.480. The van der Waals surface area contributed by atoms with Crippen LogP contribution in [0.2, 0.25) is 0 Å². The second-order valence-corrected chi connectivity index (χ2v) is 3.33. The molecule has 1 heterocycles. The van der Waals surface area contributed by atoms with Crippen molar-refractivity contribution in [1.29, 1.82) is 0 Å². The monoisotopic (exact) mass is 198 g/mol. The van der Waals surface area contributed by atoms with Gasteiger partial charge in [0.1, 0.15) is 0 Å². The number of alkyl halides is 1. The number of hydrogen-bond donors (Lipinski definition) is 0. The highest BCUT2D eigenvalue weighted by Crippen LogP contribution is 2.13. The van der Waals surface area contributed by atoms with Gasteiger partial charge in [-0.05, 0) is 18.6 Å². The summed E-state index contributed by atoms with van der Waals surface area (Å²) in [7, 11) is 2.08. The molecule has 0 aliphatic carbocycles. The highest BCUT2D eigenvalue weighted by Gasteiger charge is 2.00. The van der Waals surface area contributed by atoms with Gasteiger partial charge in [-0.25, -0.2) is 0 Å². The van der Waals surface area contributed by atoms with Gasteiger partial charge < -0.3 is 4.90 Å². The molecule has 0 fully saturated rings. The Morgan fingerprint density at radius 1 is 1.54 bits per heavy atom. The van der Waals surface area contributed by atoms with E-state index in [0.717, 1.165) is 18.7 Å². The maximum absolute atomic E-state index is 5.70. The molecule has 13 heavy (non-hydrogen) atoms. The van der Waals surface area contributed by atoms with Crippen LogP contribution in [0.4, 0.5) is 5.69 Å². The molecule has 0 N–H and O–H groups in total. The summed E-state index contributed by atoms with van der Waals surface area (Å²) in [6.07, 6.45) is 2.95. The van der Waals surface area contributed by atoms with Gasteiger partial charge in [0.15, 0.2) is 0 Å².